The van der Waals surface area contributed by atoms with Gasteiger partial charge in [-0.1, -0.05) is 129 Å². The molecular weight excluding hydrogens is 677 g/mol. The Labute approximate surface area is 329 Å². The summed E-state index contributed by atoms with van der Waals surface area (Å²) in [5.41, 5.74) is -0.442. The zero-order chi connectivity index (χ0) is 42.7. The highest BCUT2D eigenvalue weighted by atomic mass is 32.2. The normalized spacial score (nSPS) is 11.6. The van der Waals surface area contributed by atoms with Gasteiger partial charge in [0.1, 0.15) is 5.60 Å². The fraction of sp³-hybridized carbons (Fsp3) is 0.929. The number of esters is 1. The van der Waals surface area contributed by atoms with Crippen LogP contribution in [0.2, 0.25) is 0 Å². The SMILES string of the molecule is CC(C)C(=O)NC(C)(C)C.CC(C)C(=O)OC(C)(C)C.CC(C)C(=O)SC(C)(C)C.CC(C)NC(C)C.CC(C)OC(C)C.CC(C)SC(C)C. The number of hydrogen-bond acceptors (Lipinski definition) is 8. The molecule has 0 heterocycles. The van der Waals surface area contributed by atoms with E-state index in [4.69, 9.17) is 9.47 Å². The monoisotopic (exact) mass is 769 g/mol. The van der Waals surface area contributed by atoms with E-state index < -0.39 is 0 Å². The molecule has 0 fully saturated rings. The number of amides is 1. The number of nitrogens with one attached hydrogen (secondary N) is 2. The molecule has 0 saturated carbocycles. The topological polar surface area (TPSA) is 93.7 Å². The van der Waals surface area contributed by atoms with Crippen LogP contribution in [-0.4, -0.2) is 67.7 Å². The fourth-order valence-corrected chi connectivity index (χ4v) is 5.04. The van der Waals surface area contributed by atoms with Crippen molar-refractivity contribution in [2.75, 3.05) is 0 Å². The Morgan fingerprint density at radius 1 is 0.529 bits per heavy atom. The third-order valence-corrected chi connectivity index (χ3v) is 6.91. The van der Waals surface area contributed by atoms with Gasteiger partial charge in [-0.05, 0) is 79.7 Å². The quantitative estimate of drug-likeness (QED) is 0.224. The second kappa shape index (κ2) is 32.6. The van der Waals surface area contributed by atoms with E-state index in [9.17, 15) is 14.4 Å². The Balaban J connectivity index is -0.000000120. The fourth-order valence-electron chi connectivity index (χ4n) is 3.11. The van der Waals surface area contributed by atoms with Gasteiger partial charge < -0.3 is 20.1 Å². The molecule has 9 heteroatoms. The van der Waals surface area contributed by atoms with Crippen molar-refractivity contribution in [2.45, 2.75) is 238 Å². The number of hydrogen-bond donors (Lipinski definition) is 2. The number of ether oxygens (including phenoxy) is 2. The molecule has 0 radical (unpaired) electrons. The number of carbonyl (C=O) groups is 3. The van der Waals surface area contributed by atoms with Gasteiger partial charge in [0.2, 0.25) is 5.91 Å². The van der Waals surface area contributed by atoms with Crippen LogP contribution in [0.25, 0.3) is 0 Å². The zero-order valence-electron chi connectivity index (χ0n) is 39.1. The first-order chi connectivity index (χ1) is 22.4. The van der Waals surface area contributed by atoms with Gasteiger partial charge in [0.25, 0.3) is 0 Å². The predicted molar refractivity (Wildman–Crippen MR) is 233 cm³/mol. The van der Waals surface area contributed by atoms with E-state index in [1.54, 1.807) is 0 Å². The van der Waals surface area contributed by atoms with Crippen LogP contribution in [-0.2, 0) is 23.9 Å². The lowest BCUT2D eigenvalue weighted by Crippen LogP contribution is -2.42. The van der Waals surface area contributed by atoms with E-state index in [-0.39, 0.29) is 50.6 Å². The van der Waals surface area contributed by atoms with Crippen molar-refractivity contribution in [1.29, 1.82) is 0 Å². The van der Waals surface area contributed by atoms with Crippen molar-refractivity contribution in [2.24, 2.45) is 17.8 Å². The first-order valence-corrected chi connectivity index (χ1v) is 21.0. The Hall–Kier alpha value is -0.770. The first-order valence-electron chi connectivity index (χ1n) is 19.2. The van der Waals surface area contributed by atoms with Gasteiger partial charge in [-0.25, -0.2) is 0 Å². The molecule has 0 atom stereocenters. The summed E-state index contributed by atoms with van der Waals surface area (Å²) in [5, 5.41) is 8.05. The molecule has 0 saturated heterocycles. The zero-order valence-corrected chi connectivity index (χ0v) is 40.7. The molecule has 0 aliphatic heterocycles. The van der Waals surface area contributed by atoms with Crippen LogP contribution in [0.4, 0.5) is 0 Å². The molecular formula is C42H92N2O5S2. The minimum Gasteiger partial charge on any atom is -0.460 e. The van der Waals surface area contributed by atoms with Crippen molar-refractivity contribution in [3.63, 3.8) is 0 Å². The maximum Gasteiger partial charge on any atom is 0.308 e. The molecule has 0 aromatic carbocycles. The lowest BCUT2D eigenvalue weighted by molar-refractivity contribution is -0.158. The third kappa shape index (κ3) is 75.1. The van der Waals surface area contributed by atoms with Crippen molar-refractivity contribution in [3.05, 3.63) is 0 Å². The molecule has 2 N–H and O–H groups in total. The van der Waals surface area contributed by atoms with Crippen LogP contribution in [0, 0.1) is 17.8 Å². The molecule has 0 bridgehead atoms. The van der Waals surface area contributed by atoms with E-state index >= 15 is 0 Å². The number of carbonyl (C=O) groups excluding carboxylic acids is 3. The maximum atomic E-state index is 11.1. The van der Waals surface area contributed by atoms with Crippen LogP contribution in [0.5, 0.6) is 0 Å². The highest BCUT2D eigenvalue weighted by molar-refractivity contribution is 8.14. The van der Waals surface area contributed by atoms with Crippen molar-refractivity contribution >= 4 is 40.5 Å². The maximum absolute atomic E-state index is 11.1. The van der Waals surface area contributed by atoms with Gasteiger partial charge in [-0.2, -0.15) is 11.8 Å². The highest BCUT2D eigenvalue weighted by Crippen LogP contribution is 2.26. The molecule has 0 rings (SSSR count). The smallest absolute Gasteiger partial charge is 0.308 e. The second-order valence-corrected chi connectivity index (χ2v) is 22.2. The molecule has 0 aromatic heterocycles. The molecule has 0 aromatic rings. The molecule has 0 spiro atoms. The van der Waals surface area contributed by atoms with Gasteiger partial charge in [0.05, 0.1) is 18.1 Å². The number of thioether (sulfide) groups is 2. The van der Waals surface area contributed by atoms with Gasteiger partial charge in [-0.3, -0.25) is 14.4 Å². The minimum atomic E-state index is -0.346. The first kappa shape index (κ1) is 62.2. The van der Waals surface area contributed by atoms with Crippen LogP contribution < -0.4 is 10.6 Å². The van der Waals surface area contributed by atoms with Crippen LogP contribution in [0.15, 0.2) is 0 Å². The summed E-state index contributed by atoms with van der Waals surface area (Å²) < 4.78 is 10.4. The van der Waals surface area contributed by atoms with Gasteiger partial charge >= 0.3 is 5.97 Å². The summed E-state index contributed by atoms with van der Waals surface area (Å²) in [6, 6.07) is 1.25. The van der Waals surface area contributed by atoms with Crippen LogP contribution in [0.1, 0.15) is 187 Å². The van der Waals surface area contributed by atoms with Crippen LogP contribution in [0.3, 0.4) is 0 Å². The molecule has 0 unspecified atom stereocenters. The van der Waals surface area contributed by atoms with E-state index in [0.717, 1.165) is 10.5 Å². The van der Waals surface area contributed by atoms with Crippen molar-refractivity contribution < 1.29 is 23.9 Å². The Morgan fingerprint density at radius 3 is 0.941 bits per heavy atom. The molecule has 0 aliphatic rings. The summed E-state index contributed by atoms with van der Waals surface area (Å²) >= 11 is 3.44. The van der Waals surface area contributed by atoms with Gasteiger partial charge in [-0.15, -0.1) is 0 Å². The largest absolute Gasteiger partial charge is 0.460 e. The third-order valence-electron chi connectivity index (χ3n) is 4.53. The summed E-state index contributed by atoms with van der Waals surface area (Å²) in [5.74, 6) is 0.197. The molecule has 312 valence electrons. The predicted octanol–water partition coefficient (Wildman–Crippen LogP) is 12.0. The molecule has 1 amide bonds. The molecule has 7 nitrogen and oxygen atoms in total. The molecule has 0 aliphatic carbocycles. The summed E-state index contributed by atoms with van der Waals surface area (Å²) in [7, 11) is 0. The number of rotatable bonds is 9. The highest BCUT2D eigenvalue weighted by Gasteiger charge is 2.19. The van der Waals surface area contributed by atoms with Crippen molar-refractivity contribution in [1.82, 2.24) is 10.6 Å². The van der Waals surface area contributed by atoms with E-state index in [1.165, 1.54) is 11.8 Å². The van der Waals surface area contributed by atoms with Crippen molar-refractivity contribution in [3.8, 4) is 0 Å². The second-order valence-electron chi connectivity index (χ2n) is 18.2. The summed E-state index contributed by atoms with van der Waals surface area (Å²) in [6.45, 7) is 54.7. The van der Waals surface area contributed by atoms with E-state index in [2.05, 4.69) is 86.8 Å². The summed E-state index contributed by atoms with van der Waals surface area (Å²) in [6.07, 6.45) is 0.750. The van der Waals surface area contributed by atoms with Gasteiger partial charge in [0, 0.05) is 34.2 Å². The van der Waals surface area contributed by atoms with Crippen LogP contribution >= 0.6 is 23.5 Å². The minimum absolute atomic E-state index is 0.0285. The standard InChI is InChI=1S/C8H17NO.C8H16O2.C8H16OS.C6H15N.C6H14O.C6H14S/c1-6(2)7(10)9-8(3,4)5;2*1-6(2)7(9)10-8(3,4)5;3*1-5(2)7-6(3)4/h6H,1-5H3,(H,9,10);2*6H,1-5H3;5-7H,1-4H3;2*5-6H,1-4H3. The lowest BCUT2D eigenvalue weighted by atomic mass is 10.1. The summed E-state index contributed by atoms with van der Waals surface area (Å²) in [4.78, 5) is 33.1. The average Bonchev–Trinajstić information content (AvgIpc) is 2.80. The Morgan fingerprint density at radius 2 is 0.882 bits per heavy atom. The van der Waals surface area contributed by atoms with E-state index in [1.807, 2.05) is 123 Å². The van der Waals surface area contributed by atoms with E-state index in [0.29, 0.717) is 24.3 Å². The lowest BCUT2D eigenvalue weighted by Gasteiger charge is -2.21. The molecule has 51 heavy (non-hydrogen) atoms. The van der Waals surface area contributed by atoms with Gasteiger partial charge in [0.15, 0.2) is 5.12 Å². The average molecular weight is 769 g/mol. The Bertz CT molecular complexity index is 704. The Kier molecular flexibility index (Phi) is 39.8.